The van der Waals surface area contributed by atoms with Gasteiger partial charge in [0.05, 0.1) is 5.52 Å². The monoisotopic (exact) mass is 263 g/mol. The van der Waals surface area contributed by atoms with Gasteiger partial charge in [-0.3, -0.25) is 9.78 Å². The summed E-state index contributed by atoms with van der Waals surface area (Å²) in [4.78, 5) is 15.0. The lowest BCUT2D eigenvalue weighted by Crippen LogP contribution is -1.96. The number of carbonyl (C=O) groups is 1. The van der Waals surface area contributed by atoms with Crippen molar-refractivity contribution in [1.29, 1.82) is 0 Å². The molecule has 0 N–H and O–H groups in total. The van der Waals surface area contributed by atoms with E-state index in [9.17, 15) is 4.79 Å². The molecule has 0 fully saturated rings. The van der Waals surface area contributed by atoms with Crippen LogP contribution in [0.15, 0.2) is 60.8 Å². The summed E-state index contributed by atoms with van der Waals surface area (Å²) < 4.78 is 5.70. The van der Waals surface area contributed by atoms with Gasteiger partial charge in [0.25, 0.3) is 0 Å². The molecule has 20 heavy (non-hydrogen) atoms. The maximum atomic E-state index is 10.7. The van der Waals surface area contributed by atoms with E-state index in [1.165, 1.54) is 0 Å². The van der Waals surface area contributed by atoms with Crippen LogP contribution in [0.5, 0.6) is 5.75 Å². The summed E-state index contributed by atoms with van der Waals surface area (Å²) in [6.07, 6.45) is 2.60. The first-order valence-electron chi connectivity index (χ1n) is 6.37. The van der Waals surface area contributed by atoms with Gasteiger partial charge in [-0.1, -0.05) is 24.3 Å². The van der Waals surface area contributed by atoms with E-state index >= 15 is 0 Å². The SMILES string of the molecule is O=Cc1cccc(OCc2ccc3ncccc3c2)c1. The Morgan fingerprint density at radius 1 is 1.05 bits per heavy atom. The predicted molar refractivity (Wildman–Crippen MR) is 77.9 cm³/mol. The molecule has 0 atom stereocenters. The van der Waals surface area contributed by atoms with Gasteiger partial charge in [0.1, 0.15) is 18.6 Å². The molecule has 0 aliphatic carbocycles. The minimum Gasteiger partial charge on any atom is -0.489 e. The first-order chi connectivity index (χ1) is 9.85. The Balaban J connectivity index is 1.77. The van der Waals surface area contributed by atoms with Crippen LogP contribution in [0, 0.1) is 0 Å². The van der Waals surface area contributed by atoms with Crippen LogP contribution in [-0.4, -0.2) is 11.3 Å². The molecule has 0 aliphatic rings. The lowest BCUT2D eigenvalue weighted by Gasteiger charge is -2.07. The molecule has 0 aliphatic heterocycles. The molecule has 0 saturated heterocycles. The standard InChI is InChI=1S/C17H13NO2/c19-11-13-3-1-5-16(10-13)20-12-14-6-7-17-15(9-14)4-2-8-18-17/h1-11H,12H2. The first kappa shape index (κ1) is 12.4. The van der Waals surface area contributed by atoms with Crippen LogP contribution < -0.4 is 4.74 Å². The normalized spacial score (nSPS) is 10.4. The van der Waals surface area contributed by atoms with Crippen LogP contribution in [0.2, 0.25) is 0 Å². The molecule has 0 bridgehead atoms. The van der Waals surface area contributed by atoms with Gasteiger partial charge in [0, 0.05) is 17.1 Å². The van der Waals surface area contributed by atoms with Crippen LogP contribution in [0.25, 0.3) is 10.9 Å². The molecular formula is C17H13NO2. The maximum Gasteiger partial charge on any atom is 0.150 e. The highest BCUT2D eigenvalue weighted by Gasteiger charge is 2.00. The Kier molecular flexibility index (Phi) is 3.42. The third-order valence-electron chi connectivity index (χ3n) is 3.07. The number of benzene rings is 2. The number of fused-ring (bicyclic) bond motifs is 1. The molecule has 1 aromatic heterocycles. The van der Waals surface area contributed by atoms with Crippen LogP contribution in [0.1, 0.15) is 15.9 Å². The quantitative estimate of drug-likeness (QED) is 0.675. The number of hydrogen-bond donors (Lipinski definition) is 0. The highest BCUT2D eigenvalue weighted by molar-refractivity contribution is 5.78. The Morgan fingerprint density at radius 2 is 2.00 bits per heavy atom. The third kappa shape index (κ3) is 2.67. The summed E-state index contributed by atoms with van der Waals surface area (Å²) in [5.41, 5.74) is 2.66. The van der Waals surface area contributed by atoms with Crippen molar-refractivity contribution in [2.24, 2.45) is 0 Å². The molecule has 0 unspecified atom stereocenters. The number of pyridine rings is 1. The summed E-state index contributed by atoms with van der Waals surface area (Å²) in [5, 5.41) is 1.09. The van der Waals surface area contributed by atoms with E-state index in [0.29, 0.717) is 17.9 Å². The van der Waals surface area contributed by atoms with Crippen LogP contribution >= 0.6 is 0 Å². The number of nitrogens with zero attached hydrogens (tertiary/aromatic N) is 1. The minimum atomic E-state index is 0.465. The lowest BCUT2D eigenvalue weighted by atomic mass is 10.1. The number of carbonyl (C=O) groups excluding carboxylic acids is 1. The highest BCUT2D eigenvalue weighted by atomic mass is 16.5. The number of rotatable bonds is 4. The van der Waals surface area contributed by atoms with Gasteiger partial charge in [0.2, 0.25) is 0 Å². The van der Waals surface area contributed by atoms with E-state index in [-0.39, 0.29) is 0 Å². The van der Waals surface area contributed by atoms with E-state index in [0.717, 1.165) is 22.8 Å². The summed E-state index contributed by atoms with van der Waals surface area (Å²) >= 11 is 0. The summed E-state index contributed by atoms with van der Waals surface area (Å²) in [6, 6.07) is 17.1. The zero-order valence-electron chi connectivity index (χ0n) is 10.8. The molecule has 98 valence electrons. The molecule has 3 nitrogen and oxygen atoms in total. The molecule has 2 aromatic carbocycles. The highest BCUT2D eigenvalue weighted by Crippen LogP contribution is 2.17. The van der Waals surface area contributed by atoms with E-state index in [2.05, 4.69) is 11.1 Å². The van der Waals surface area contributed by atoms with Crippen molar-refractivity contribution in [3.63, 3.8) is 0 Å². The summed E-state index contributed by atoms with van der Waals surface area (Å²) in [5.74, 6) is 0.695. The summed E-state index contributed by atoms with van der Waals surface area (Å²) in [6.45, 7) is 0.465. The molecular weight excluding hydrogens is 250 g/mol. The van der Waals surface area contributed by atoms with Gasteiger partial charge in [-0.05, 0) is 35.9 Å². The van der Waals surface area contributed by atoms with Gasteiger partial charge in [-0.25, -0.2) is 0 Å². The Hall–Kier alpha value is -2.68. The second-order valence-electron chi connectivity index (χ2n) is 4.51. The van der Waals surface area contributed by atoms with Gasteiger partial charge in [-0.15, -0.1) is 0 Å². The van der Waals surface area contributed by atoms with E-state index < -0.39 is 0 Å². The van der Waals surface area contributed by atoms with Gasteiger partial charge < -0.3 is 4.74 Å². The fraction of sp³-hybridized carbons (Fsp3) is 0.0588. The summed E-state index contributed by atoms with van der Waals surface area (Å²) in [7, 11) is 0. The lowest BCUT2D eigenvalue weighted by molar-refractivity contribution is 0.112. The number of aromatic nitrogens is 1. The second kappa shape index (κ2) is 5.53. The number of ether oxygens (including phenoxy) is 1. The van der Waals surface area contributed by atoms with Crippen LogP contribution in [-0.2, 0) is 6.61 Å². The second-order valence-corrected chi connectivity index (χ2v) is 4.51. The first-order valence-corrected chi connectivity index (χ1v) is 6.37. The minimum absolute atomic E-state index is 0.465. The average molecular weight is 263 g/mol. The Morgan fingerprint density at radius 3 is 2.90 bits per heavy atom. The van der Waals surface area contributed by atoms with Crippen molar-refractivity contribution in [3.05, 3.63) is 71.9 Å². The molecule has 0 amide bonds. The Bertz CT molecular complexity index is 753. The van der Waals surface area contributed by atoms with Crippen LogP contribution in [0.3, 0.4) is 0 Å². The molecule has 0 saturated carbocycles. The molecule has 0 spiro atoms. The largest absolute Gasteiger partial charge is 0.489 e. The molecule has 3 heteroatoms. The number of aldehydes is 1. The smallest absolute Gasteiger partial charge is 0.150 e. The fourth-order valence-electron chi connectivity index (χ4n) is 2.06. The van der Waals surface area contributed by atoms with Gasteiger partial charge in [-0.2, -0.15) is 0 Å². The van der Waals surface area contributed by atoms with Crippen LogP contribution in [0.4, 0.5) is 0 Å². The van der Waals surface area contributed by atoms with E-state index in [1.54, 1.807) is 18.3 Å². The van der Waals surface area contributed by atoms with Gasteiger partial charge >= 0.3 is 0 Å². The molecule has 3 aromatic rings. The topological polar surface area (TPSA) is 39.2 Å². The number of hydrogen-bond acceptors (Lipinski definition) is 3. The predicted octanol–water partition coefficient (Wildman–Crippen LogP) is 3.63. The van der Waals surface area contributed by atoms with Crippen molar-refractivity contribution < 1.29 is 9.53 Å². The molecule has 3 rings (SSSR count). The van der Waals surface area contributed by atoms with Gasteiger partial charge in [0.15, 0.2) is 0 Å². The molecule has 0 radical (unpaired) electrons. The maximum absolute atomic E-state index is 10.7. The van der Waals surface area contributed by atoms with Crippen molar-refractivity contribution in [2.75, 3.05) is 0 Å². The fourth-order valence-corrected chi connectivity index (χ4v) is 2.06. The van der Waals surface area contributed by atoms with E-state index in [1.807, 2.05) is 36.4 Å². The van der Waals surface area contributed by atoms with Crippen molar-refractivity contribution in [2.45, 2.75) is 6.61 Å². The Labute approximate surface area is 116 Å². The zero-order chi connectivity index (χ0) is 13.8. The average Bonchev–Trinajstić information content (AvgIpc) is 2.53. The van der Waals surface area contributed by atoms with Crippen molar-refractivity contribution >= 4 is 17.2 Å². The zero-order valence-corrected chi connectivity index (χ0v) is 10.8. The molecule has 1 heterocycles. The third-order valence-corrected chi connectivity index (χ3v) is 3.07. The van der Waals surface area contributed by atoms with Crippen molar-refractivity contribution in [1.82, 2.24) is 4.98 Å². The van der Waals surface area contributed by atoms with Crippen molar-refractivity contribution in [3.8, 4) is 5.75 Å². The van der Waals surface area contributed by atoms with E-state index in [4.69, 9.17) is 4.74 Å².